The lowest BCUT2D eigenvalue weighted by molar-refractivity contribution is -0.120. The minimum atomic E-state index is -0.331. The fraction of sp³-hybridized carbons (Fsp3) is 0.444. The van der Waals surface area contributed by atoms with Gasteiger partial charge < -0.3 is 16.4 Å². The molecule has 0 aromatic carbocycles. The number of rotatable bonds is 3. The van der Waals surface area contributed by atoms with E-state index in [1.54, 1.807) is 17.2 Å². The van der Waals surface area contributed by atoms with E-state index in [1.807, 2.05) is 0 Å². The van der Waals surface area contributed by atoms with E-state index in [1.165, 1.54) is 0 Å². The zero-order valence-electron chi connectivity index (χ0n) is 8.26. The Kier molecular flexibility index (Phi) is 2.51. The van der Waals surface area contributed by atoms with Crippen molar-refractivity contribution in [3.05, 3.63) is 18.0 Å². The van der Waals surface area contributed by atoms with Crippen LogP contribution in [-0.2, 0) is 11.3 Å². The fourth-order valence-electron chi connectivity index (χ4n) is 1.56. The highest BCUT2D eigenvalue weighted by Crippen LogP contribution is 2.22. The number of carbonyl (C=O) groups is 1. The molecule has 0 saturated carbocycles. The fourth-order valence-corrected chi connectivity index (χ4v) is 1.56. The first-order valence-corrected chi connectivity index (χ1v) is 4.80. The van der Waals surface area contributed by atoms with Crippen LogP contribution in [0.25, 0.3) is 0 Å². The van der Waals surface area contributed by atoms with Gasteiger partial charge in [-0.1, -0.05) is 0 Å². The number of hydrogen-bond acceptors (Lipinski definition) is 5. The summed E-state index contributed by atoms with van der Waals surface area (Å²) in [6, 6.07) is 1.49. The molecule has 0 radical (unpaired) electrons. The van der Waals surface area contributed by atoms with E-state index in [0.717, 1.165) is 18.7 Å². The number of hydrogen-bond donors (Lipinski definition) is 2. The minimum absolute atomic E-state index is 0.266. The molecule has 2 heterocycles. The molecule has 1 saturated heterocycles. The van der Waals surface area contributed by atoms with E-state index in [2.05, 4.69) is 9.97 Å². The van der Waals surface area contributed by atoms with Crippen LogP contribution in [0.2, 0.25) is 0 Å². The minimum Gasteiger partial charge on any atom is -0.368 e. The van der Waals surface area contributed by atoms with Crippen LogP contribution in [0.3, 0.4) is 0 Å². The SMILES string of the molecule is NCc1ccnc(N2CCC2C(N)=O)n1. The van der Waals surface area contributed by atoms with Gasteiger partial charge in [-0.3, -0.25) is 4.79 Å². The predicted octanol–water partition coefficient (Wildman–Crippen LogP) is -1.00. The van der Waals surface area contributed by atoms with Crippen molar-refractivity contribution in [2.24, 2.45) is 11.5 Å². The Balaban J connectivity index is 2.19. The van der Waals surface area contributed by atoms with Crippen LogP contribution >= 0.6 is 0 Å². The average Bonchev–Trinajstić information content (AvgIpc) is 2.15. The second-order valence-electron chi connectivity index (χ2n) is 3.45. The van der Waals surface area contributed by atoms with Crippen molar-refractivity contribution in [3.8, 4) is 0 Å². The molecule has 1 atom stereocenters. The second-order valence-corrected chi connectivity index (χ2v) is 3.45. The van der Waals surface area contributed by atoms with Crippen molar-refractivity contribution >= 4 is 11.9 Å². The van der Waals surface area contributed by atoms with Gasteiger partial charge in [0.25, 0.3) is 0 Å². The lowest BCUT2D eigenvalue weighted by atomic mass is 10.0. The first kappa shape index (κ1) is 9.85. The van der Waals surface area contributed by atoms with Crippen molar-refractivity contribution in [2.45, 2.75) is 19.0 Å². The Morgan fingerprint density at radius 3 is 3.00 bits per heavy atom. The molecule has 1 aromatic rings. The summed E-state index contributed by atoms with van der Waals surface area (Å²) in [5.74, 6) is 0.205. The summed E-state index contributed by atoms with van der Waals surface area (Å²) in [7, 11) is 0. The van der Waals surface area contributed by atoms with Crippen molar-refractivity contribution in [3.63, 3.8) is 0 Å². The molecule has 4 N–H and O–H groups in total. The van der Waals surface area contributed by atoms with E-state index in [-0.39, 0.29) is 11.9 Å². The van der Waals surface area contributed by atoms with Crippen molar-refractivity contribution in [2.75, 3.05) is 11.4 Å². The van der Waals surface area contributed by atoms with Crippen LogP contribution in [0, 0.1) is 0 Å². The molecule has 1 aliphatic rings. The van der Waals surface area contributed by atoms with Gasteiger partial charge in [0.2, 0.25) is 11.9 Å². The van der Waals surface area contributed by atoms with Gasteiger partial charge in [0.1, 0.15) is 6.04 Å². The first-order valence-electron chi connectivity index (χ1n) is 4.80. The summed E-state index contributed by atoms with van der Waals surface area (Å²) < 4.78 is 0. The molecule has 0 bridgehead atoms. The molecular formula is C9H13N5O. The number of carbonyl (C=O) groups excluding carboxylic acids is 1. The third kappa shape index (κ3) is 1.75. The van der Waals surface area contributed by atoms with Crippen LogP contribution in [0.15, 0.2) is 12.3 Å². The molecule has 1 unspecified atom stereocenters. The number of primary amides is 1. The maximum Gasteiger partial charge on any atom is 0.240 e. The lowest BCUT2D eigenvalue weighted by Crippen LogP contribution is -2.55. The van der Waals surface area contributed by atoms with E-state index in [4.69, 9.17) is 11.5 Å². The zero-order chi connectivity index (χ0) is 10.8. The molecule has 6 nitrogen and oxygen atoms in total. The highest BCUT2D eigenvalue weighted by molar-refractivity contribution is 5.84. The standard InChI is InChI=1S/C9H13N5O/c10-5-6-1-3-12-9(13-6)14-4-2-7(14)8(11)15/h1,3,7H,2,4-5,10H2,(H2,11,15). The number of anilines is 1. The van der Waals surface area contributed by atoms with Crippen LogP contribution in [-0.4, -0.2) is 28.5 Å². The van der Waals surface area contributed by atoms with Gasteiger partial charge in [0, 0.05) is 19.3 Å². The van der Waals surface area contributed by atoms with Crippen molar-refractivity contribution in [1.82, 2.24) is 9.97 Å². The summed E-state index contributed by atoms with van der Waals surface area (Å²) in [5, 5.41) is 0. The summed E-state index contributed by atoms with van der Waals surface area (Å²) >= 11 is 0. The number of amides is 1. The van der Waals surface area contributed by atoms with Crippen LogP contribution in [0.1, 0.15) is 12.1 Å². The van der Waals surface area contributed by atoms with Crippen LogP contribution in [0.4, 0.5) is 5.95 Å². The highest BCUT2D eigenvalue weighted by Gasteiger charge is 2.34. The van der Waals surface area contributed by atoms with E-state index >= 15 is 0 Å². The van der Waals surface area contributed by atoms with Gasteiger partial charge in [-0.05, 0) is 12.5 Å². The number of nitrogens with zero attached hydrogens (tertiary/aromatic N) is 3. The average molecular weight is 207 g/mol. The van der Waals surface area contributed by atoms with Gasteiger partial charge in [-0.25, -0.2) is 9.97 Å². The largest absolute Gasteiger partial charge is 0.368 e. The lowest BCUT2D eigenvalue weighted by Gasteiger charge is -2.38. The van der Waals surface area contributed by atoms with E-state index in [0.29, 0.717) is 12.5 Å². The Bertz CT molecular complexity index is 381. The first-order chi connectivity index (χ1) is 7.22. The van der Waals surface area contributed by atoms with Crippen molar-refractivity contribution in [1.29, 1.82) is 0 Å². The van der Waals surface area contributed by atoms with Gasteiger partial charge in [-0.15, -0.1) is 0 Å². The Morgan fingerprint density at radius 2 is 2.47 bits per heavy atom. The summed E-state index contributed by atoms with van der Waals surface area (Å²) in [5.41, 5.74) is 11.5. The third-order valence-electron chi connectivity index (χ3n) is 2.51. The molecule has 0 spiro atoms. The monoisotopic (exact) mass is 207 g/mol. The third-order valence-corrected chi connectivity index (χ3v) is 2.51. The maximum atomic E-state index is 11.0. The van der Waals surface area contributed by atoms with Crippen LogP contribution in [0.5, 0.6) is 0 Å². The highest BCUT2D eigenvalue weighted by atomic mass is 16.1. The molecule has 1 aliphatic heterocycles. The zero-order valence-corrected chi connectivity index (χ0v) is 8.26. The van der Waals surface area contributed by atoms with E-state index < -0.39 is 0 Å². The summed E-state index contributed by atoms with van der Waals surface area (Å²) in [4.78, 5) is 21.1. The molecule has 15 heavy (non-hydrogen) atoms. The van der Waals surface area contributed by atoms with Gasteiger partial charge in [0.05, 0.1) is 5.69 Å². The van der Waals surface area contributed by atoms with Crippen molar-refractivity contribution < 1.29 is 4.79 Å². The molecular weight excluding hydrogens is 194 g/mol. The normalized spacial score (nSPS) is 19.8. The molecule has 1 aromatic heterocycles. The Hall–Kier alpha value is -1.69. The number of aromatic nitrogens is 2. The van der Waals surface area contributed by atoms with Gasteiger partial charge >= 0.3 is 0 Å². The smallest absolute Gasteiger partial charge is 0.240 e. The summed E-state index contributed by atoms with van der Waals surface area (Å²) in [6.07, 6.45) is 2.41. The maximum absolute atomic E-state index is 11.0. The van der Waals surface area contributed by atoms with Gasteiger partial charge in [-0.2, -0.15) is 0 Å². The molecule has 6 heteroatoms. The Labute approximate surface area is 87.3 Å². The van der Waals surface area contributed by atoms with E-state index in [9.17, 15) is 4.79 Å². The number of nitrogens with two attached hydrogens (primary N) is 2. The Morgan fingerprint density at radius 1 is 1.67 bits per heavy atom. The molecule has 0 aliphatic carbocycles. The second kappa shape index (κ2) is 3.82. The quantitative estimate of drug-likeness (QED) is 0.662. The molecule has 1 amide bonds. The van der Waals surface area contributed by atoms with Gasteiger partial charge in [0.15, 0.2) is 0 Å². The topological polar surface area (TPSA) is 98.1 Å². The molecule has 80 valence electrons. The molecule has 2 rings (SSSR count). The molecule has 1 fully saturated rings. The summed E-state index contributed by atoms with van der Waals surface area (Å²) in [6.45, 7) is 1.13. The van der Waals surface area contributed by atoms with Crippen LogP contribution < -0.4 is 16.4 Å². The predicted molar refractivity (Wildman–Crippen MR) is 54.9 cm³/mol.